The van der Waals surface area contributed by atoms with Crippen LogP contribution in [0.3, 0.4) is 0 Å². The molecule has 32 heavy (non-hydrogen) atoms. The van der Waals surface area contributed by atoms with Gasteiger partial charge in [0.25, 0.3) is 0 Å². The molecule has 162 valence electrons. The number of rotatable bonds is 9. The fourth-order valence-electron chi connectivity index (χ4n) is 3.47. The fraction of sp³-hybridized carbons (Fsp3) is 0.143. The van der Waals surface area contributed by atoms with Crippen molar-refractivity contribution in [2.45, 2.75) is 25.3 Å². The quantitative estimate of drug-likeness (QED) is 0.370. The van der Waals surface area contributed by atoms with Gasteiger partial charge in [-0.1, -0.05) is 84.9 Å². The second-order valence-corrected chi connectivity index (χ2v) is 7.74. The molecule has 4 nitrogen and oxygen atoms in total. The van der Waals surface area contributed by atoms with Crippen LogP contribution in [-0.4, -0.2) is 0 Å². The maximum absolute atomic E-state index is 6.46. The molecule has 0 radical (unpaired) electrons. The maximum atomic E-state index is 6.46. The SMILES string of the molecule is NC(c1ccc(OCc2ccccc2)cc1)C(N)c1ccc(OCc2ccccc2)cc1. The minimum Gasteiger partial charge on any atom is -0.489 e. The monoisotopic (exact) mass is 424 g/mol. The Bertz CT molecular complexity index is 991. The third-order valence-electron chi connectivity index (χ3n) is 5.41. The highest BCUT2D eigenvalue weighted by molar-refractivity contribution is 5.34. The molecule has 0 bridgehead atoms. The predicted molar refractivity (Wildman–Crippen MR) is 128 cm³/mol. The van der Waals surface area contributed by atoms with Crippen LogP contribution < -0.4 is 20.9 Å². The van der Waals surface area contributed by atoms with Crippen LogP contribution in [0.5, 0.6) is 11.5 Å². The van der Waals surface area contributed by atoms with Crippen molar-refractivity contribution in [1.29, 1.82) is 0 Å². The van der Waals surface area contributed by atoms with Gasteiger partial charge in [0.15, 0.2) is 0 Å². The Morgan fingerprint density at radius 1 is 0.469 bits per heavy atom. The minimum atomic E-state index is -0.325. The normalized spacial score (nSPS) is 12.7. The molecule has 0 aliphatic carbocycles. The molecular weight excluding hydrogens is 396 g/mol. The molecule has 2 unspecified atom stereocenters. The van der Waals surface area contributed by atoms with Gasteiger partial charge in [0.1, 0.15) is 24.7 Å². The molecule has 2 atom stereocenters. The van der Waals surface area contributed by atoms with Crippen molar-refractivity contribution in [3.05, 3.63) is 131 Å². The Morgan fingerprint density at radius 3 is 1.16 bits per heavy atom. The highest BCUT2D eigenvalue weighted by atomic mass is 16.5. The summed E-state index contributed by atoms with van der Waals surface area (Å²) in [4.78, 5) is 0. The van der Waals surface area contributed by atoms with Crippen LogP contribution in [0.15, 0.2) is 109 Å². The van der Waals surface area contributed by atoms with Crippen LogP contribution in [0.4, 0.5) is 0 Å². The number of nitrogens with two attached hydrogens (primary N) is 2. The van der Waals surface area contributed by atoms with E-state index in [2.05, 4.69) is 0 Å². The van der Waals surface area contributed by atoms with Gasteiger partial charge in [-0.05, 0) is 46.5 Å². The third kappa shape index (κ3) is 5.76. The van der Waals surface area contributed by atoms with Gasteiger partial charge in [0, 0.05) is 12.1 Å². The van der Waals surface area contributed by atoms with Crippen molar-refractivity contribution < 1.29 is 9.47 Å². The van der Waals surface area contributed by atoms with Crippen molar-refractivity contribution in [3.8, 4) is 11.5 Å². The zero-order valence-corrected chi connectivity index (χ0v) is 17.9. The Hall–Kier alpha value is -3.60. The van der Waals surface area contributed by atoms with Crippen LogP contribution in [-0.2, 0) is 13.2 Å². The van der Waals surface area contributed by atoms with Crippen molar-refractivity contribution >= 4 is 0 Å². The molecule has 0 amide bonds. The largest absolute Gasteiger partial charge is 0.489 e. The molecule has 4 heteroatoms. The molecule has 0 spiro atoms. The number of ether oxygens (including phenoxy) is 2. The third-order valence-corrected chi connectivity index (χ3v) is 5.41. The average Bonchev–Trinajstić information content (AvgIpc) is 2.87. The lowest BCUT2D eigenvalue weighted by atomic mass is 9.95. The van der Waals surface area contributed by atoms with Crippen LogP contribution in [0.25, 0.3) is 0 Å². The molecule has 0 fully saturated rings. The first-order valence-electron chi connectivity index (χ1n) is 10.7. The van der Waals surface area contributed by atoms with Gasteiger partial charge in [0.05, 0.1) is 0 Å². The summed E-state index contributed by atoms with van der Waals surface area (Å²) in [6, 6.07) is 35.2. The molecule has 0 aromatic heterocycles. The van der Waals surface area contributed by atoms with Gasteiger partial charge in [-0.15, -0.1) is 0 Å². The van der Waals surface area contributed by atoms with Gasteiger partial charge in [-0.3, -0.25) is 0 Å². The van der Waals surface area contributed by atoms with Crippen molar-refractivity contribution in [3.63, 3.8) is 0 Å². The average molecular weight is 425 g/mol. The predicted octanol–water partition coefficient (Wildman–Crippen LogP) is 5.54. The van der Waals surface area contributed by atoms with Crippen LogP contribution in [0, 0.1) is 0 Å². The zero-order valence-electron chi connectivity index (χ0n) is 17.9. The van der Waals surface area contributed by atoms with E-state index in [4.69, 9.17) is 20.9 Å². The molecule has 4 aromatic rings. The minimum absolute atomic E-state index is 0.325. The van der Waals surface area contributed by atoms with E-state index in [-0.39, 0.29) is 12.1 Å². The number of hydrogen-bond acceptors (Lipinski definition) is 4. The Kier molecular flexibility index (Phi) is 7.18. The first-order valence-corrected chi connectivity index (χ1v) is 10.7. The Balaban J connectivity index is 1.32. The van der Waals surface area contributed by atoms with E-state index in [1.54, 1.807) is 0 Å². The summed E-state index contributed by atoms with van der Waals surface area (Å²) in [5.41, 5.74) is 17.1. The second-order valence-electron chi connectivity index (χ2n) is 7.74. The van der Waals surface area contributed by atoms with E-state index in [9.17, 15) is 0 Å². The molecule has 0 aliphatic rings. The van der Waals surface area contributed by atoms with E-state index in [0.29, 0.717) is 13.2 Å². The summed E-state index contributed by atoms with van der Waals surface area (Å²) >= 11 is 0. The van der Waals surface area contributed by atoms with E-state index < -0.39 is 0 Å². The maximum Gasteiger partial charge on any atom is 0.119 e. The Labute approximate surface area is 189 Å². The number of benzene rings is 4. The lowest BCUT2D eigenvalue weighted by Crippen LogP contribution is -2.26. The van der Waals surface area contributed by atoms with Crippen molar-refractivity contribution in [2.24, 2.45) is 11.5 Å². The standard InChI is InChI=1S/C28H28N2O2/c29-27(23-11-15-25(16-12-23)31-19-21-7-3-1-4-8-21)28(30)24-13-17-26(18-14-24)32-20-22-9-5-2-6-10-22/h1-18,27-28H,19-20,29-30H2. The molecule has 0 saturated carbocycles. The van der Waals surface area contributed by atoms with Crippen LogP contribution >= 0.6 is 0 Å². The Morgan fingerprint density at radius 2 is 0.812 bits per heavy atom. The fourth-order valence-corrected chi connectivity index (χ4v) is 3.47. The van der Waals surface area contributed by atoms with E-state index in [1.807, 2.05) is 109 Å². The lowest BCUT2D eigenvalue weighted by Gasteiger charge is -2.21. The van der Waals surface area contributed by atoms with Gasteiger partial charge in [-0.25, -0.2) is 0 Å². The molecular formula is C28H28N2O2. The molecule has 4 aromatic carbocycles. The molecule has 4 rings (SSSR count). The van der Waals surface area contributed by atoms with Crippen LogP contribution in [0.2, 0.25) is 0 Å². The van der Waals surface area contributed by atoms with Gasteiger partial charge in [-0.2, -0.15) is 0 Å². The summed E-state index contributed by atoms with van der Waals surface area (Å²) in [6.07, 6.45) is 0. The summed E-state index contributed by atoms with van der Waals surface area (Å²) in [5.74, 6) is 1.61. The summed E-state index contributed by atoms with van der Waals surface area (Å²) in [5, 5.41) is 0. The van der Waals surface area contributed by atoms with Gasteiger partial charge >= 0.3 is 0 Å². The molecule has 0 heterocycles. The summed E-state index contributed by atoms with van der Waals surface area (Å²) in [6.45, 7) is 1.06. The number of hydrogen-bond donors (Lipinski definition) is 2. The highest BCUT2D eigenvalue weighted by Crippen LogP contribution is 2.27. The van der Waals surface area contributed by atoms with Crippen molar-refractivity contribution in [2.75, 3.05) is 0 Å². The summed E-state index contributed by atoms with van der Waals surface area (Å²) in [7, 11) is 0. The van der Waals surface area contributed by atoms with Crippen LogP contribution in [0.1, 0.15) is 34.3 Å². The molecule has 0 aliphatic heterocycles. The van der Waals surface area contributed by atoms with Gasteiger partial charge < -0.3 is 20.9 Å². The topological polar surface area (TPSA) is 70.5 Å². The van der Waals surface area contributed by atoms with E-state index in [1.165, 1.54) is 0 Å². The first-order chi connectivity index (χ1) is 15.7. The van der Waals surface area contributed by atoms with E-state index in [0.717, 1.165) is 33.8 Å². The van der Waals surface area contributed by atoms with Gasteiger partial charge in [0.2, 0.25) is 0 Å². The lowest BCUT2D eigenvalue weighted by molar-refractivity contribution is 0.306. The first kappa shape index (κ1) is 21.6. The molecule has 0 saturated heterocycles. The van der Waals surface area contributed by atoms with Crippen molar-refractivity contribution in [1.82, 2.24) is 0 Å². The van der Waals surface area contributed by atoms with E-state index >= 15 is 0 Å². The highest BCUT2D eigenvalue weighted by Gasteiger charge is 2.17. The summed E-state index contributed by atoms with van der Waals surface area (Å²) < 4.78 is 11.7. The zero-order chi connectivity index (χ0) is 22.2. The smallest absolute Gasteiger partial charge is 0.119 e. The molecule has 4 N–H and O–H groups in total. The second kappa shape index (κ2) is 10.6.